The number of anilines is 2. The zero-order valence-corrected chi connectivity index (χ0v) is 17.3. The molecule has 8 nitrogen and oxygen atoms in total. The minimum atomic E-state index is -0.462. The second-order valence-electron chi connectivity index (χ2n) is 5.43. The van der Waals surface area contributed by atoms with Gasteiger partial charge in [0.05, 0.1) is 39.4 Å². The molecule has 2 N–H and O–H groups in total. The molecule has 0 fully saturated rings. The molecule has 0 saturated heterocycles. The van der Waals surface area contributed by atoms with E-state index < -0.39 is 5.97 Å². The van der Waals surface area contributed by atoms with Gasteiger partial charge in [0, 0.05) is 28.4 Å². The van der Waals surface area contributed by atoms with Crippen LogP contribution in [0.4, 0.5) is 10.8 Å². The molecule has 150 valence electrons. The summed E-state index contributed by atoms with van der Waals surface area (Å²) in [5, 5.41) is 3.88. The summed E-state index contributed by atoms with van der Waals surface area (Å²) in [6.45, 7) is 2.19. The van der Waals surface area contributed by atoms with Crippen LogP contribution in [0.3, 0.4) is 0 Å². The first-order valence-corrected chi connectivity index (χ1v) is 9.10. The van der Waals surface area contributed by atoms with E-state index in [9.17, 15) is 4.79 Å². The SMILES string of the molecule is CCOC(=O)c1csc(N(CN)c2cncc3c(OC)cc(OC)cc23)n1.Cl. The predicted octanol–water partition coefficient (Wildman–Crippen LogP) is 3.36. The van der Waals surface area contributed by atoms with Crippen LogP contribution in [-0.2, 0) is 4.74 Å². The lowest BCUT2D eigenvalue weighted by molar-refractivity contribution is 0.0520. The first-order valence-electron chi connectivity index (χ1n) is 8.22. The first kappa shape index (κ1) is 21.7. The number of hydrogen-bond donors (Lipinski definition) is 1. The summed E-state index contributed by atoms with van der Waals surface area (Å²) in [4.78, 5) is 22.4. The summed E-state index contributed by atoms with van der Waals surface area (Å²) in [7, 11) is 3.18. The smallest absolute Gasteiger partial charge is 0.357 e. The van der Waals surface area contributed by atoms with Crippen molar-refractivity contribution in [2.24, 2.45) is 5.73 Å². The molecule has 2 heterocycles. The number of pyridine rings is 1. The second-order valence-corrected chi connectivity index (χ2v) is 6.27. The van der Waals surface area contributed by atoms with Crippen LogP contribution in [0.1, 0.15) is 17.4 Å². The Morgan fingerprint density at radius 3 is 2.64 bits per heavy atom. The molecule has 1 aromatic carbocycles. The average molecular weight is 425 g/mol. The number of methoxy groups -OCH3 is 2. The Morgan fingerprint density at radius 2 is 2.00 bits per heavy atom. The van der Waals surface area contributed by atoms with Gasteiger partial charge in [-0.25, -0.2) is 9.78 Å². The fraction of sp³-hybridized carbons (Fsp3) is 0.278. The molecule has 10 heteroatoms. The number of thiazole rings is 1. The molecule has 0 radical (unpaired) electrons. The maximum Gasteiger partial charge on any atom is 0.357 e. The topological polar surface area (TPSA) is 99.8 Å². The molecule has 0 aliphatic rings. The first-order chi connectivity index (χ1) is 13.1. The van der Waals surface area contributed by atoms with Gasteiger partial charge < -0.3 is 24.8 Å². The van der Waals surface area contributed by atoms with Gasteiger partial charge >= 0.3 is 5.97 Å². The zero-order valence-electron chi connectivity index (χ0n) is 15.7. The van der Waals surface area contributed by atoms with Crippen LogP contribution in [-0.4, -0.2) is 43.4 Å². The molecule has 0 atom stereocenters. The molecule has 0 saturated carbocycles. The third-order valence-electron chi connectivity index (χ3n) is 3.93. The molecule has 0 aliphatic heterocycles. The Morgan fingerprint density at radius 1 is 1.21 bits per heavy atom. The molecule has 3 aromatic rings. The maximum atomic E-state index is 11.9. The van der Waals surface area contributed by atoms with E-state index in [4.69, 9.17) is 19.9 Å². The van der Waals surface area contributed by atoms with Crippen LogP contribution in [0.15, 0.2) is 29.9 Å². The molecule has 3 rings (SSSR count). The molecule has 0 aliphatic carbocycles. The number of carbonyl (C=O) groups excluding carboxylic acids is 1. The third kappa shape index (κ3) is 4.11. The van der Waals surface area contributed by atoms with E-state index >= 15 is 0 Å². The number of rotatable bonds is 7. The second kappa shape index (κ2) is 9.54. The molecule has 0 amide bonds. The largest absolute Gasteiger partial charge is 0.497 e. The quantitative estimate of drug-likeness (QED) is 0.455. The Kier molecular flexibility index (Phi) is 7.38. The number of benzene rings is 1. The number of fused-ring (bicyclic) bond motifs is 1. The van der Waals surface area contributed by atoms with E-state index in [0.717, 1.165) is 16.5 Å². The number of nitrogens with two attached hydrogens (primary N) is 1. The van der Waals surface area contributed by atoms with Crippen LogP contribution in [0, 0.1) is 0 Å². The van der Waals surface area contributed by atoms with Crippen molar-refractivity contribution in [1.82, 2.24) is 9.97 Å². The number of hydrogen-bond acceptors (Lipinski definition) is 9. The van der Waals surface area contributed by atoms with Crippen molar-refractivity contribution in [2.45, 2.75) is 6.92 Å². The molecule has 0 bridgehead atoms. The van der Waals surface area contributed by atoms with Crippen molar-refractivity contribution in [2.75, 3.05) is 32.4 Å². The number of carbonyl (C=O) groups is 1. The van der Waals surface area contributed by atoms with Crippen LogP contribution < -0.4 is 20.1 Å². The minimum Gasteiger partial charge on any atom is -0.497 e. The Hall–Kier alpha value is -2.62. The number of esters is 1. The van der Waals surface area contributed by atoms with Crippen LogP contribution in [0.5, 0.6) is 11.5 Å². The molecular weight excluding hydrogens is 404 g/mol. The Bertz CT molecular complexity index is 966. The average Bonchev–Trinajstić information content (AvgIpc) is 3.18. The number of ether oxygens (including phenoxy) is 3. The van der Waals surface area contributed by atoms with Crippen molar-refractivity contribution in [3.8, 4) is 11.5 Å². The summed E-state index contributed by atoms with van der Waals surface area (Å²) in [6, 6.07) is 3.68. The van der Waals surface area contributed by atoms with Gasteiger partial charge in [-0.15, -0.1) is 23.7 Å². The van der Waals surface area contributed by atoms with Crippen molar-refractivity contribution < 1.29 is 19.0 Å². The third-order valence-corrected chi connectivity index (χ3v) is 4.79. The van der Waals surface area contributed by atoms with Crippen LogP contribution >= 0.6 is 23.7 Å². The molecule has 28 heavy (non-hydrogen) atoms. The van der Waals surface area contributed by atoms with Gasteiger partial charge in [-0.3, -0.25) is 4.98 Å². The van der Waals surface area contributed by atoms with Gasteiger partial charge in [-0.05, 0) is 13.0 Å². The number of halogens is 1. The lowest BCUT2D eigenvalue weighted by atomic mass is 10.1. The fourth-order valence-electron chi connectivity index (χ4n) is 2.67. The maximum absolute atomic E-state index is 11.9. The summed E-state index contributed by atoms with van der Waals surface area (Å²) in [5.74, 6) is 0.827. The minimum absolute atomic E-state index is 0. The Balaban J connectivity index is 0.00000280. The van der Waals surface area contributed by atoms with E-state index in [-0.39, 0.29) is 24.8 Å². The summed E-state index contributed by atoms with van der Waals surface area (Å²) < 4.78 is 15.8. The van der Waals surface area contributed by atoms with E-state index in [0.29, 0.717) is 23.2 Å². The van der Waals surface area contributed by atoms with Crippen molar-refractivity contribution in [3.63, 3.8) is 0 Å². The molecular formula is C18H21ClN4O4S. The van der Waals surface area contributed by atoms with Gasteiger partial charge in [0.25, 0.3) is 0 Å². The van der Waals surface area contributed by atoms with Crippen molar-refractivity contribution in [3.05, 3.63) is 35.6 Å². The van der Waals surface area contributed by atoms with Crippen LogP contribution in [0.25, 0.3) is 10.8 Å². The number of nitrogens with zero attached hydrogens (tertiary/aromatic N) is 3. The van der Waals surface area contributed by atoms with Crippen molar-refractivity contribution in [1.29, 1.82) is 0 Å². The van der Waals surface area contributed by atoms with E-state index in [1.807, 2.05) is 6.07 Å². The molecule has 0 unspecified atom stereocenters. The highest BCUT2D eigenvalue weighted by Crippen LogP contribution is 2.38. The van der Waals surface area contributed by atoms with Crippen LogP contribution in [0.2, 0.25) is 0 Å². The summed E-state index contributed by atoms with van der Waals surface area (Å²) >= 11 is 1.30. The molecule has 0 spiro atoms. The van der Waals surface area contributed by atoms with Gasteiger partial charge in [-0.2, -0.15) is 0 Å². The predicted molar refractivity (Wildman–Crippen MR) is 111 cm³/mol. The van der Waals surface area contributed by atoms with Gasteiger partial charge in [0.2, 0.25) is 0 Å². The Labute approximate surface area is 172 Å². The zero-order chi connectivity index (χ0) is 19.4. The summed E-state index contributed by atoms with van der Waals surface area (Å²) in [6.07, 6.45) is 3.41. The highest BCUT2D eigenvalue weighted by atomic mass is 35.5. The lowest BCUT2D eigenvalue weighted by Crippen LogP contribution is -2.25. The van der Waals surface area contributed by atoms with Gasteiger partial charge in [-0.1, -0.05) is 0 Å². The van der Waals surface area contributed by atoms with E-state index in [1.165, 1.54) is 11.3 Å². The van der Waals surface area contributed by atoms with Gasteiger partial charge in [0.1, 0.15) is 11.5 Å². The highest BCUT2D eigenvalue weighted by molar-refractivity contribution is 7.14. The van der Waals surface area contributed by atoms with E-state index in [2.05, 4.69) is 9.97 Å². The standard InChI is InChI=1S/C18H20N4O4S.ClH/c1-4-26-17(23)14-9-27-18(21-14)22(10-19)15-8-20-7-13-12(15)5-11(24-2)6-16(13)25-3;/h5-9H,4,10,19H2,1-3H3;1H. The normalized spacial score (nSPS) is 10.3. The lowest BCUT2D eigenvalue weighted by Gasteiger charge is -2.22. The number of aromatic nitrogens is 2. The van der Waals surface area contributed by atoms with Crippen molar-refractivity contribution >= 4 is 51.3 Å². The van der Waals surface area contributed by atoms with Gasteiger partial charge in [0.15, 0.2) is 10.8 Å². The van der Waals surface area contributed by atoms with E-state index in [1.54, 1.807) is 49.9 Å². The summed E-state index contributed by atoms with van der Waals surface area (Å²) in [5.41, 5.74) is 6.98. The fourth-order valence-corrected chi connectivity index (χ4v) is 3.48. The monoisotopic (exact) mass is 424 g/mol. The highest BCUT2D eigenvalue weighted by Gasteiger charge is 2.20. The molecule has 2 aromatic heterocycles.